The topological polar surface area (TPSA) is 45.2 Å². The highest BCUT2D eigenvalue weighted by molar-refractivity contribution is 6.31. The molecule has 0 spiro atoms. The summed E-state index contributed by atoms with van der Waals surface area (Å²) in [7, 11) is 2.00. The average Bonchev–Trinajstić information content (AvgIpc) is 2.66. The summed E-state index contributed by atoms with van der Waals surface area (Å²) in [6.07, 6.45) is 1.71. The smallest absolute Gasteiger partial charge is 0.274 e. The zero-order chi connectivity index (χ0) is 18.5. The van der Waals surface area contributed by atoms with Crippen LogP contribution in [-0.4, -0.2) is 17.9 Å². The molecule has 0 radical (unpaired) electrons. The third-order valence-electron chi connectivity index (χ3n) is 4.20. The van der Waals surface area contributed by atoms with Crippen molar-refractivity contribution in [3.05, 3.63) is 88.7 Å². The first-order valence-corrected chi connectivity index (χ1v) is 8.70. The van der Waals surface area contributed by atoms with Gasteiger partial charge in [0.25, 0.3) is 5.91 Å². The number of nitrogens with one attached hydrogen (secondary N) is 1. The predicted octanol–water partition coefficient (Wildman–Crippen LogP) is 4.93. The van der Waals surface area contributed by atoms with Gasteiger partial charge in [0.05, 0.1) is 11.9 Å². The second kappa shape index (κ2) is 8.02. The highest BCUT2D eigenvalue weighted by Gasteiger charge is 2.11. The number of hydrogen-bond donors (Lipinski definition) is 1. The molecule has 2 aromatic carbocycles. The number of carbonyl (C=O) groups is 1. The third-order valence-corrected chi connectivity index (χ3v) is 4.61. The SMILES string of the molecule is Cc1c(Cl)cccc1NC(=O)c1ccc(N(C)Cc2ccccc2)cn1. The molecule has 0 saturated heterocycles. The van der Waals surface area contributed by atoms with Crippen LogP contribution in [0.2, 0.25) is 5.02 Å². The van der Waals surface area contributed by atoms with Gasteiger partial charge >= 0.3 is 0 Å². The molecular weight excluding hydrogens is 346 g/mol. The Bertz CT molecular complexity index is 895. The number of hydrogen-bond acceptors (Lipinski definition) is 3. The highest BCUT2D eigenvalue weighted by Crippen LogP contribution is 2.23. The molecule has 1 heterocycles. The summed E-state index contributed by atoms with van der Waals surface area (Å²) in [4.78, 5) is 18.8. The molecule has 0 fully saturated rings. The van der Waals surface area contributed by atoms with E-state index in [4.69, 9.17) is 11.6 Å². The zero-order valence-corrected chi connectivity index (χ0v) is 15.5. The second-order valence-corrected chi connectivity index (χ2v) is 6.52. The summed E-state index contributed by atoms with van der Waals surface area (Å²) in [5, 5.41) is 3.48. The average molecular weight is 366 g/mol. The normalized spacial score (nSPS) is 10.4. The lowest BCUT2D eigenvalue weighted by Crippen LogP contribution is -2.18. The monoisotopic (exact) mass is 365 g/mol. The first-order valence-electron chi connectivity index (χ1n) is 8.32. The molecule has 1 aromatic heterocycles. The van der Waals surface area contributed by atoms with Crippen LogP contribution >= 0.6 is 11.6 Å². The van der Waals surface area contributed by atoms with Crippen molar-refractivity contribution in [2.75, 3.05) is 17.3 Å². The van der Waals surface area contributed by atoms with Gasteiger partial charge in [-0.2, -0.15) is 0 Å². The van der Waals surface area contributed by atoms with Crippen LogP contribution in [0.15, 0.2) is 66.9 Å². The highest BCUT2D eigenvalue weighted by atomic mass is 35.5. The molecule has 3 aromatic rings. The van der Waals surface area contributed by atoms with Gasteiger partial charge in [-0.25, -0.2) is 4.98 Å². The van der Waals surface area contributed by atoms with Crippen molar-refractivity contribution in [1.82, 2.24) is 4.98 Å². The maximum atomic E-state index is 12.4. The van der Waals surface area contributed by atoms with Gasteiger partial charge in [0.15, 0.2) is 0 Å². The van der Waals surface area contributed by atoms with E-state index in [1.54, 1.807) is 24.4 Å². The van der Waals surface area contributed by atoms with Crippen molar-refractivity contribution in [2.45, 2.75) is 13.5 Å². The van der Waals surface area contributed by atoms with Crippen LogP contribution in [0.25, 0.3) is 0 Å². The lowest BCUT2D eigenvalue weighted by Gasteiger charge is -2.19. The Balaban J connectivity index is 1.68. The summed E-state index contributed by atoms with van der Waals surface area (Å²) in [6.45, 7) is 2.64. The summed E-state index contributed by atoms with van der Waals surface area (Å²) >= 11 is 6.09. The molecule has 0 unspecified atom stereocenters. The Hall–Kier alpha value is -2.85. The number of amides is 1. The van der Waals surface area contributed by atoms with Crippen LogP contribution in [0, 0.1) is 6.92 Å². The van der Waals surface area contributed by atoms with Crippen molar-refractivity contribution in [1.29, 1.82) is 0 Å². The van der Waals surface area contributed by atoms with E-state index in [0.717, 1.165) is 17.8 Å². The van der Waals surface area contributed by atoms with E-state index >= 15 is 0 Å². The molecular formula is C21H20ClN3O. The number of aromatic nitrogens is 1. The third kappa shape index (κ3) is 4.21. The van der Waals surface area contributed by atoms with E-state index in [9.17, 15) is 4.79 Å². The van der Waals surface area contributed by atoms with Crippen LogP contribution in [-0.2, 0) is 6.54 Å². The maximum absolute atomic E-state index is 12.4. The van der Waals surface area contributed by atoms with Gasteiger partial charge in [0.2, 0.25) is 0 Å². The molecule has 0 aliphatic heterocycles. The van der Waals surface area contributed by atoms with Gasteiger partial charge in [0, 0.05) is 24.3 Å². The van der Waals surface area contributed by atoms with Crippen LogP contribution in [0.3, 0.4) is 0 Å². The van der Waals surface area contributed by atoms with Crippen LogP contribution < -0.4 is 10.2 Å². The van der Waals surface area contributed by atoms with Crippen molar-refractivity contribution in [2.24, 2.45) is 0 Å². The number of halogens is 1. The van der Waals surface area contributed by atoms with Gasteiger partial charge < -0.3 is 10.2 Å². The molecule has 26 heavy (non-hydrogen) atoms. The van der Waals surface area contributed by atoms with E-state index in [0.29, 0.717) is 16.4 Å². The van der Waals surface area contributed by atoms with Gasteiger partial charge in [-0.3, -0.25) is 4.79 Å². The van der Waals surface area contributed by atoms with E-state index in [1.165, 1.54) is 5.56 Å². The molecule has 0 bridgehead atoms. The minimum absolute atomic E-state index is 0.257. The summed E-state index contributed by atoms with van der Waals surface area (Å²) in [6, 6.07) is 19.3. The Morgan fingerprint density at radius 3 is 2.54 bits per heavy atom. The quantitative estimate of drug-likeness (QED) is 0.697. The fourth-order valence-electron chi connectivity index (χ4n) is 2.62. The lowest BCUT2D eigenvalue weighted by atomic mass is 10.2. The van der Waals surface area contributed by atoms with E-state index in [1.807, 2.05) is 44.3 Å². The molecule has 0 saturated carbocycles. The van der Waals surface area contributed by atoms with E-state index < -0.39 is 0 Å². The van der Waals surface area contributed by atoms with Crippen molar-refractivity contribution in [3.8, 4) is 0 Å². The first kappa shape index (κ1) is 18.0. The number of rotatable bonds is 5. The fourth-order valence-corrected chi connectivity index (χ4v) is 2.80. The number of nitrogens with zero attached hydrogens (tertiary/aromatic N) is 2. The number of pyridine rings is 1. The Morgan fingerprint density at radius 2 is 1.85 bits per heavy atom. The van der Waals surface area contributed by atoms with Crippen molar-refractivity contribution >= 4 is 28.9 Å². The minimum atomic E-state index is -0.257. The van der Waals surface area contributed by atoms with Crippen LogP contribution in [0.1, 0.15) is 21.6 Å². The molecule has 0 atom stereocenters. The molecule has 1 N–H and O–H groups in total. The van der Waals surface area contributed by atoms with Crippen LogP contribution in [0.4, 0.5) is 11.4 Å². The van der Waals surface area contributed by atoms with Gasteiger partial charge in [-0.1, -0.05) is 48.0 Å². The Kier molecular flexibility index (Phi) is 5.54. The summed E-state index contributed by atoms with van der Waals surface area (Å²) in [5.74, 6) is -0.257. The van der Waals surface area contributed by atoms with Crippen LogP contribution in [0.5, 0.6) is 0 Å². The number of carbonyl (C=O) groups excluding carboxylic acids is 1. The zero-order valence-electron chi connectivity index (χ0n) is 14.7. The standard InChI is InChI=1S/C21H20ClN3O/c1-15-18(22)9-6-10-19(15)24-21(26)20-12-11-17(13-23-20)25(2)14-16-7-4-3-5-8-16/h3-13H,14H2,1-2H3,(H,24,26). The van der Waals surface area contributed by atoms with E-state index in [-0.39, 0.29) is 5.91 Å². The molecule has 0 aliphatic carbocycles. The molecule has 132 valence electrons. The van der Waals surface area contributed by atoms with Gasteiger partial charge in [-0.05, 0) is 42.3 Å². The van der Waals surface area contributed by atoms with Crippen molar-refractivity contribution in [3.63, 3.8) is 0 Å². The second-order valence-electron chi connectivity index (χ2n) is 6.11. The Labute approximate surface area is 158 Å². The maximum Gasteiger partial charge on any atom is 0.274 e. The molecule has 1 amide bonds. The molecule has 3 rings (SSSR count). The first-order chi connectivity index (χ1) is 12.5. The van der Waals surface area contributed by atoms with Gasteiger partial charge in [0.1, 0.15) is 5.69 Å². The molecule has 0 aliphatic rings. The van der Waals surface area contributed by atoms with Gasteiger partial charge in [-0.15, -0.1) is 0 Å². The molecule has 5 heteroatoms. The summed E-state index contributed by atoms with van der Waals surface area (Å²) < 4.78 is 0. The Morgan fingerprint density at radius 1 is 1.08 bits per heavy atom. The number of benzene rings is 2. The minimum Gasteiger partial charge on any atom is -0.369 e. The fraction of sp³-hybridized carbons (Fsp3) is 0.143. The predicted molar refractivity (Wildman–Crippen MR) is 107 cm³/mol. The largest absolute Gasteiger partial charge is 0.369 e. The molecule has 4 nitrogen and oxygen atoms in total. The van der Waals surface area contributed by atoms with Crippen molar-refractivity contribution < 1.29 is 4.79 Å². The summed E-state index contributed by atoms with van der Waals surface area (Å²) in [5.41, 5.74) is 4.05. The lowest BCUT2D eigenvalue weighted by molar-refractivity contribution is 0.102. The van der Waals surface area contributed by atoms with E-state index in [2.05, 4.69) is 27.3 Å². The number of anilines is 2.